The number of alkyl halides is 1. The summed E-state index contributed by atoms with van der Waals surface area (Å²) in [6.45, 7) is 4.56. The van der Waals surface area contributed by atoms with Gasteiger partial charge < -0.3 is 0 Å². The molecular formula is C21H39ClS. The van der Waals surface area contributed by atoms with Gasteiger partial charge in [0.15, 0.2) is 0 Å². The second kappa shape index (κ2) is 14.7. The molecule has 0 spiro atoms. The Bertz CT molecular complexity index is 284. The molecule has 0 saturated heterocycles. The van der Waals surface area contributed by atoms with E-state index in [2.05, 4.69) is 37.8 Å². The van der Waals surface area contributed by atoms with Crippen molar-refractivity contribution in [3.63, 3.8) is 0 Å². The summed E-state index contributed by atoms with van der Waals surface area (Å²) >= 11 is 8.40. The summed E-state index contributed by atoms with van der Waals surface area (Å²) in [5.41, 5.74) is 0. The van der Waals surface area contributed by atoms with Crippen LogP contribution < -0.4 is 0 Å². The molecule has 1 rings (SSSR count). The third kappa shape index (κ3) is 10.1. The van der Waals surface area contributed by atoms with Crippen molar-refractivity contribution in [3.05, 3.63) is 12.2 Å². The highest BCUT2D eigenvalue weighted by molar-refractivity contribution is 7.99. The van der Waals surface area contributed by atoms with Gasteiger partial charge in [0.1, 0.15) is 0 Å². The molecular weight excluding hydrogens is 320 g/mol. The minimum Gasteiger partial charge on any atom is -0.162 e. The normalized spacial score (nSPS) is 19.3. The molecule has 136 valence electrons. The Hall–Kier alpha value is 0.380. The topological polar surface area (TPSA) is 0 Å². The number of rotatable bonds is 13. The quantitative estimate of drug-likeness (QED) is 0.184. The molecule has 2 heteroatoms. The van der Waals surface area contributed by atoms with Gasteiger partial charge in [-0.2, -0.15) is 11.8 Å². The van der Waals surface area contributed by atoms with Crippen molar-refractivity contribution >= 4 is 23.4 Å². The second-order valence-corrected chi connectivity index (χ2v) is 8.93. The maximum atomic E-state index is 6.33. The van der Waals surface area contributed by atoms with Crippen molar-refractivity contribution in [2.75, 3.05) is 17.4 Å². The average Bonchev–Trinajstić information content (AvgIpc) is 2.59. The zero-order valence-corrected chi connectivity index (χ0v) is 17.1. The zero-order valence-electron chi connectivity index (χ0n) is 15.6. The third-order valence-electron chi connectivity index (χ3n) is 5.32. The second-order valence-electron chi connectivity index (χ2n) is 7.23. The maximum absolute atomic E-state index is 6.33. The summed E-state index contributed by atoms with van der Waals surface area (Å²) in [5.74, 6) is 5.76. The Balaban J connectivity index is 2.35. The summed E-state index contributed by atoms with van der Waals surface area (Å²) < 4.78 is 0. The van der Waals surface area contributed by atoms with Crippen molar-refractivity contribution in [1.82, 2.24) is 0 Å². The predicted molar refractivity (Wildman–Crippen MR) is 110 cm³/mol. The molecule has 1 unspecified atom stereocenters. The number of hydrogen-bond acceptors (Lipinski definition) is 1. The minimum atomic E-state index is 0.686. The standard InChI is InChI=1S/C21H39ClS/c1-3-11-20(16-10-14-19-12-6-5-7-13-19)21(18-22)15-8-9-17-23-4-2/h10,16,19-21H,3-9,11-15,17-18H2,1-2H3/b16-10+/t20?,21-/m0/s1. The maximum Gasteiger partial charge on any atom is 0.0257 e. The average molecular weight is 359 g/mol. The van der Waals surface area contributed by atoms with Crippen molar-refractivity contribution in [1.29, 1.82) is 0 Å². The van der Waals surface area contributed by atoms with Crippen LogP contribution in [-0.2, 0) is 0 Å². The van der Waals surface area contributed by atoms with Gasteiger partial charge in [-0.05, 0) is 54.9 Å². The lowest BCUT2D eigenvalue weighted by Crippen LogP contribution is -2.15. The highest BCUT2D eigenvalue weighted by Crippen LogP contribution is 2.29. The molecule has 1 saturated carbocycles. The van der Waals surface area contributed by atoms with Crippen LogP contribution in [0, 0.1) is 17.8 Å². The fourth-order valence-electron chi connectivity index (χ4n) is 3.85. The molecule has 1 fully saturated rings. The van der Waals surface area contributed by atoms with Gasteiger partial charge in [-0.25, -0.2) is 0 Å². The van der Waals surface area contributed by atoms with Crippen LogP contribution in [0.3, 0.4) is 0 Å². The Morgan fingerprint density at radius 1 is 1.09 bits per heavy atom. The van der Waals surface area contributed by atoms with Crippen LogP contribution in [0.25, 0.3) is 0 Å². The van der Waals surface area contributed by atoms with E-state index in [1.165, 1.54) is 82.1 Å². The first-order chi connectivity index (χ1) is 11.3. The van der Waals surface area contributed by atoms with E-state index in [1.807, 2.05) is 0 Å². The highest BCUT2D eigenvalue weighted by atomic mass is 35.5. The SMILES string of the molecule is CCCC(/C=C/CC1CCCCC1)[C@H](CCl)CCCCSCC. The Morgan fingerprint density at radius 3 is 2.52 bits per heavy atom. The highest BCUT2D eigenvalue weighted by Gasteiger charge is 2.18. The van der Waals surface area contributed by atoms with Gasteiger partial charge in [-0.1, -0.05) is 70.9 Å². The first-order valence-electron chi connectivity index (χ1n) is 10.1. The van der Waals surface area contributed by atoms with Gasteiger partial charge in [0.2, 0.25) is 0 Å². The van der Waals surface area contributed by atoms with Gasteiger partial charge >= 0.3 is 0 Å². The van der Waals surface area contributed by atoms with E-state index in [4.69, 9.17) is 11.6 Å². The van der Waals surface area contributed by atoms with E-state index in [0.29, 0.717) is 11.8 Å². The number of thioether (sulfide) groups is 1. The Kier molecular flexibility index (Phi) is 13.7. The molecule has 0 heterocycles. The van der Waals surface area contributed by atoms with Crippen LogP contribution in [0.1, 0.15) is 84.5 Å². The molecule has 1 aliphatic rings. The van der Waals surface area contributed by atoms with Crippen molar-refractivity contribution in [2.45, 2.75) is 84.5 Å². The van der Waals surface area contributed by atoms with Crippen molar-refractivity contribution < 1.29 is 0 Å². The number of hydrogen-bond donors (Lipinski definition) is 0. The third-order valence-corrected chi connectivity index (χ3v) is 6.70. The molecule has 0 radical (unpaired) electrons. The Labute approximate surface area is 155 Å². The monoisotopic (exact) mass is 358 g/mol. The molecule has 0 nitrogen and oxygen atoms in total. The lowest BCUT2D eigenvalue weighted by Gasteiger charge is -2.23. The fourth-order valence-corrected chi connectivity index (χ4v) is 4.93. The summed E-state index contributed by atoms with van der Waals surface area (Å²) in [5, 5.41) is 0. The molecule has 0 amide bonds. The van der Waals surface area contributed by atoms with E-state index >= 15 is 0 Å². The first-order valence-corrected chi connectivity index (χ1v) is 11.8. The van der Waals surface area contributed by atoms with Crippen molar-refractivity contribution in [2.24, 2.45) is 17.8 Å². The molecule has 0 aliphatic heterocycles. The van der Waals surface area contributed by atoms with Gasteiger partial charge in [0, 0.05) is 5.88 Å². The van der Waals surface area contributed by atoms with E-state index in [1.54, 1.807) is 0 Å². The molecule has 2 atom stereocenters. The zero-order chi connectivity index (χ0) is 16.8. The van der Waals surface area contributed by atoms with Crippen LogP contribution >= 0.6 is 23.4 Å². The summed E-state index contributed by atoms with van der Waals surface area (Å²) in [6, 6.07) is 0. The van der Waals surface area contributed by atoms with Crippen LogP contribution in [0.2, 0.25) is 0 Å². The van der Waals surface area contributed by atoms with E-state index in [-0.39, 0.29) is 0 Å². The van der Waals surface area contributed by atoms with E-state index < -0.39 is 0 Å². The molecule has 0 N–H and O–H groups in total. The van der Waals surface area contributed by atoms with E-state index in [0.717, 1.165) is 11.8 Å². The molecule has 23 heavy (non-hydrogen) atoms. The molecule has 0 aromatic carbocycles. The smallest absolute Gasteiger partial charge is 0.0257 e. The van der Waals surface area contributed by atoms with Gasteiger partial charge in [-0.15, -0.1) is 11.6 Å². The Morgan fingerprint density at radius 2 is 1.87 bits per heavy atom. The number of halogens is 1. The lowest BCUT2D eigenvalue weighted by molar-refractivity contribution is 0.354. The minimum absolute atomic E-state index is 0.686. The van der Waals surface area contributed by atoms with Gasteiger partial charge in [-0.3, -0.25) is 0 Å². The van der Waals surface area contributed by atoms with Crippen LogP contribution in [0.5, 0.6) is 0 Å². The number of allylic oxidation sites excluding steroid dienone is 2. The van der Waals surface area contributed by atoms with Gasteiger partial charge in [0.05, 0.1) is 0 Å². The fraction of sp³-hybridized carbons (Fsp3) is 0.905. The predicted octanol–water partition coefficient (Wildman–Crippen LogP) is 7.71. The van der Waals surface area contributed by atoms with Crippen LogP contribution in [0.4, 0.5) is 0 Å². The summed E-state index contributed by atoms with van der Waals surface area (Å²) in [7, 11) is 0. The largest absolute Gasteiger partial charge is 0.162 e. The summed E-state index contributed by atoms with van der Waals surface area (Å²) in [6.07, 6.45) is 20.2. The van der Waals surface area contributed by atoms with Crippen molar-refractivity contribution in [3.8, 4) is 0 Å². The van der Waals surface area contributed by atoms with Crippen LogP contribution in [-0.4, -0.2) is 17.4 Å². The van der Waals surface area contributed by atoms with Crippen LogP contribution in [0.15, 0.2) is 12.2 Å². The van der Waals surface area contributed by atoms with E-state index in [9.17, 15) is 0 Å². The molecule has 1 aliphatic carbocycles. The molecule has 0 aromatic rings. The molecule has 0 aromatic heterocycles. The summed E-state index contributed by atoms with van der Waals surface area (Å²) in [4.78, 5) is 0. The first kappa shape index (κ1) is 21.4. The molecule has 0 bridgehead atoms. The number of unbranched alkanes of at least 4 members (excludes halogenated alkanes) is 1. The van der Waals surface area contributed by atoms with Gasteiger partial charge in [0.25, 0.3) is 0 Å². The lowest BCUT2D eigenvalue weighted by atomic mass is 9.84.